The van der Waals surface area contributed by atoms with E-state index >= 15 is 0 Å². The molecule has 2 rings (SSSR count). The van der Waals surface area contributed by atoms with E-state index in [-0.39, 0.29) is 17.6 Å². The maximum Gasteiger partial charge on any atom is 0.252 e. The Morgan fingerprint density at radius 2 is 2.10 bits per heavy atom. The highest BCUT2D eigenvalue weighted by Gasteiger charge is 2.25. The first kappa shape index (κ1) is 14.5. The van der Waals surface area contributed by atoms with E-state index in [4.69, 9.17) is 0 Å². The van der Waals surface area contributed by atoms with Crippen LogP contribution in [0, 0.1) is 30.0 Å². The molecule has 0 heterocycles. The van der Waals surface area contributed by atoms with Gasteiger partial charge >= 0.3 is 0 Å². The van der Waals surface area contributed by atoms with Crippen LogP contribution in [-0.4, -0.2) is 11.9 Å². The van der Waals surface area contributed by atoms with E-state index in [9.17, 15) is 14.4 Å². The largest absolute Gasteiger partial charge is 0.336 e. The molecule has 1 aromatic rings. The van der Waals surface area contributed by atoms with Crippen LogP contribution in [0.15, 0.2) is 18.2 Å². The minimum Gasteiger partial charge on any atom is -0.336 e. The molecule has 1 aliphatic carbocycles. The molecule has 1 N–H and O–H groups in total. The van der Waals surface area contributed by atoms with Gasteiger partial charge in [0.1, 0.15) is 11.9 Å². The predicted molar refractivity (Wildman–Crippen MR) is 74.6 cm³/mol. The Morgan fingerprint density at radius 1 is 1.40 bits per heavy atom. The van der Waals surface area contributed by atoms with E-state index in [2.05, 4.69) is 11.4 Å². The summed E-state index contributed by atoms with van der Waals surface area (Å²) in [7, 11) is 0. The highest BCUT2D eigenvalue weighted by molar-refractivity contribution is 5.95. The fourth-order valence-electron chi connectivity index (χ4n) is 2.82. The van der Waals surface area contributed by atoms with Crippen molar-refractivity contribution in [2.24, 2.45) is 5.92 Å². The Morgan fingerprint density at radius 3 is 2.70 bits per heavy atom. The normalized spacial score (nSPS) is 17.2. The number of nitriles is 1. The number of nitrogens with one attached hydrogen (secondary N) is 1. The second-order valence-corrected chi connectivity index (χ2v) is 5.44. The molecular weight excluding hydrogens is 255 g/mol. The van der Waals surface area contributed by atoms with E-state index in [1.807, 2.05) is 0 Å². The van der Waals surface area contributed by atoms with Crippen LogP contribution in [0.2, 0.25) is 0 Å². The molecule has 1 aromatic carbocycles. The van der Waals surface area contributed by atoms with Crippen molar-refractivity contribution < 1.29 is 9.18 Å². The van der Waals surface area contributed by atoms with E-state index in [0.29, 0.717) is 11.1 Å². The molecule has 1 amide bonds. The summed E-state index contributed by atoms with van der Waals surface area (Å²) in [6.45, 7) is 1.69. The van der Waals surface area contributed by atoms with E-state index in [0.717, 1.165) is 25.7 Å². The molecule has 1 fully saturated rings. The van der Waals surface area contributed by atoms with Crippen LogP contribution >= 0.6 is 0 Å². The predicted octanol–water partition coefficient (Wildman–Crippen LogP) is 3.34. The van der Waals surface area contributed by atoms with Crippen molar-refractivity contribution in [1.29, 1.82) is 5.26 Å². The van der Waals surface area contributed by atoms with Crippen molar-refractivity contribution in [3.8, 4) is 6.07 Å². The quantitative estimate of drug-likeness (QED) is 0.919. The molecule has 0 aromatic heterocycles. The molecule has 0 saturated heterocycles. The lowest BCUT2D eigenvalue weighted by Crippen LogP contribution is -2.40. The fourth-order valence-corrected chi connectivity index (χ4v) is 2.82. The van der Waals surface area contributed by atoms with Gasteiger partial charge in [0.15, 0.2) is 0 Å². The summed E-state index contributed by atoms with van der Waals surface area (Å²) in [5.41, 5.74) is 1.02. The van der Waals surface area contributed by atoms with Gasteiger partial charge in [-0.15, -0.1) is 0 Å². The van der Waals surface area contributed by atoms with Crippen LogP contribution < -0.4 is 5.32 Å². The first-order valence-corrected chi connectivity index (χ1v) is 7.08. The zero-order valence-electron chi connectivity index (χ0n) is 11.7. The van der Waals surface area contributed by atoms with Gasteiger partial charge < -0.3 is 5.32 Å². The van der Waals surface area contributed by atoms with Gasteiger partial charge in [0.05, 0.1) is 6.07 Å². The van der Waals surface area contributed by atoms with Gasteiger partial charge in [-0.05, 0) is 49.4 Å². The summed E-state index contributed by atoms with van der Waals surface area (Å²) in [5, 5.41) is 12.1. The SMILES string of the molecule is Cc1cc(F)ccc1C(=O)NC(C#N)C1CCCCC1. The molecule has 0 radical (unpaired) electrons. The maximum atomic E-state index is 13.0. The van der Waals surface area contributed by atoms with Gasteiger partial charge in [0.2, 0.25) is 0 Å². The number of halogens is 1. The number of amides is 1. The zero-order valence-corrected chi connectivity index (χ0v) is 11.7. The Hall–Kier alpha value is -1.89. The monoisotopic (exact) mass is 274 g/mol. The summed E-state index contributed by atoms with van der Waals surface area (Å²) in [4.78, 5) is 12.2. The van der Waals surface area contributed by atoms with Crippen LogP contribution in [0.5, 0.6) is 0 Å². The van der Waals surface area contributed by atoms with E-state index in [1.54, 1.807) is 6.92 Å². The van der Waals surface area contributed by atoms with Gasteiger partial charge in [-0.2, -0.15) is 5.26 Å². The minimum atomic E-state index is -0.452. The van der Waals surface area contributed by atoms with Crippen molar-refractivity contribution in [3.05, 3.63) is 35.1 Å². The molecule has 1 unspecified atom stereocenters. The smallest absolute Gasteiger partial charge is 0.252 e. The van der Waals surface area contributed by atoms with Crippen molar-refractivity contribution in [3.63, 3.8) is 0 Å². The minimum absolute atomic E-state index is 0.235. The average Bonchev–Trinajstić information content (AvgIpc) is 2.45. The number of benzene rings is 1. The van der Waals surface area contributed by atoms with E-state index < -0.39 is 6.04 Å². The first-order chi connectivity index (χ1) is 9.61. The molecule has 0 aliphatic heterocycles. The number of carbonyl (C=O) groups excluding carboxylic acids is 1. The van der Waals surface area contributed by atoms with Gasteiger partial charge in [-0.1, -0.05) is 19.3 Å². The van der Waals surface area contributed by atoms with Crippen molar-refractivity contribution >= 4 is 5.91 Å². The molecule has 0 spiro atoms. The Bertz CT molecular complexity index is 530. The standard InChI is InChI=1S/C16H19FN2O/c1-11-9-13(17)7-8-14(11)16(20)19-15(10-18)12-5-3-2-4-6-12/h7-9,12,15H,2-6H2,1H3,(H,19,20). The Balaban J connectivity index is 2.07. The highest BCUT2D eigenvalue weighted by Crippen LogP contribution is 2.26. The van der Waals surface area contributed by atoms with Crippen molar-refractivity contribution in [2.75, 3.05) is 0 Å². The summed E-state index contributed by atoms with van der Waals surface area (Å²) in [6, 6.07) is 5.81. The molecular formula is C16H19FN2O. The summed E-state index contributed by atoms with van der Waals surface area (Å²) in [6.07, 6.45) is 5.42. The molecule has 1 saturated carbocycles. The maximum absolute atomic E-state index is 13.0. The van der Waals surface area contributed by atoms with E-state index in [1.165, 1.54) is 24.6 Å². The third kappa shape index (κ3) is 3.36. The van der Waals surface area contributed by atoms with Crippen LogP contribution in [-0.2, 0) is 0 Å². The lowest BCUT2D eigenvalue weighted by atomic mass is 9.84. The summed E-state index contributed by atoms with van der Waals surface area (Å²) in [5.74, 6) is -0.416. The molecule has 20 heavy (non-hydrogen) atoms. The van der Waals surface area contributed by atoms with Gasteiger partial charge in [0.25, 0.3) is 5.91 Å². The fraction of sp³-hybridized carbons (Fsp3) is 0.500. The number of hydrogen-bond donors (Lipinski definition) is 1. The topological polar surface area (TPSA) is 52.9 Å². The van der Waals surface area contributed by atoms with Gasteiger partial charge in [-0.3, -0.25) is 4.79 Å². The number of rotatable bonds is 3. The third-order valence-electron chi connectivity index (χ3n) is 3.98. The molecule has 0 bridgehead atoms. The molecule has 4 heteroatoms. The van der Waals surface area contributed by atoms with Crippen LogP contribution in [0.3, 0.4) is 0 Å². The summed E-state index contributed by atoms with van der Waals surface area (Å²) >= 11 is 0. The Labute approximate surface area is 118 Å². The Kier molecular flexibility index (Phi) is 4.73. The van der Waals surface area contributed by atoms with Crippen LogP contribution in [0.25, 0.3) is 0 Å². The highest BCUT2D eigenvalue weighted by atomic mass is 19.1. The number of aryl methyl sites for hydroxylation is 1. The third-order valence-corrected chi connectivity index (χ3v) is 3.98. The first-order valence-electron chi connectivity index (χ1n) is 7.08. The number of nitrogens with zero attached hydrogens (tertiary/aromatic N) is 1. The summed E-state index contributed by atoms with van der Waals surface area (Å²) < 4.78 is 13.0. The second-order valence-electron chi connectivity index (χ2n) is 5.44. The number of hydrogen-bond acceptors (Lipinski definition) is 2. The molecule has 106 valence electrons. The molecule has 1 aliphatic rings. The average molecular weight is 274 g/mol. The van der Waals surface area contributed by atoms with Crippen molar-refractivity contribution in [1.82, 2.24) is 5.32 Å². The van der Waals surface area contributed by atoms with Crippen LogP contribution in [0.1, 0.15) is 48.0 Å². The van der Waals surface area contributed by atoms with Crippen molar-refractivity contribution in [2.45, 2.75) is 45.1 Å². The second kappa shape index (κ2) is 6.51. The molecule has 3 nitrogen and oxygen atoms in total. The zero-order chi connectivity index (χ0) is 14.5. The lowest BCUT2D eigenvalue weighted by Gasteiger charge is -2.26. The lowest BCUT2D eigenvalue weighted by molar-refractivity contribution is 0.0928. The van der Waals surface area contributed by atoms with Crippen LogP contribution in [0.4, 0.5) is 4.39 Å². The molecule has 1 atom stereocenters. The van der Waals surface area contributed by atoms with Gasteiger partial charge in [-0.25, -0.2) is 4.39 Å². The number of carbonyl (C=O) groups is 1. The van der Waals surface area contributed by atoms with Gasteiger partial charge in [0, 0.05) is 5.56 Å².